The second kappa shape index (κ2) is 5.70. The zero-order valence-electron chi connectivity index (χ0n) is 6.06. The number of rotatable bonds is 2. The van der Waals surface area contributed by atoms with Gasteiger partial charge in [-0.15, -0.1) is 0 Å². The van der Waals surface area contributed by atoms with Crippen LogP contribution in [0, 0.1) is 0 Å². The molecule has 1 rings (SSSR count). The molecule has 0 amide bonds. The molecule has 0 N–H and O–H groups in total. The van der Waals surface area contributed by atoms with Crippen LogP contribution < -0.4 is 9.42 Å². The third kappa shape index (κ3) is 4.51. The molecule has 0 fully saturated rings. The molecule has 5 heteroatoms. The van der Waals surface area contributed by atoms with Crippen LogP contribution in [0.4, 0.5) is 0 Å². The van der Waals surface area contributed by atoms with Crippen molar-refractivity contribution in [2.45, 2.75) is 0 Å². The van der Waals surface area contributed by atoms with Crippen molar-refractivity contribution in [3.63, 3.8) is 0 Å². The Bertz CT molecular complexity index is 227. The first kappa shape index (κ1) is 11.1. The number of hydrogen-bond acceptors (Lipinski definition) is 3. The molecule has 0 aliphatic heterocycles. The summed E-state index contributed by atoms with van der Waals surface area (Å²) < 4.78 is 14.4. The molecular formula is C6H5NaO3P. The summed E-state index contributed by atoms with van der Waals surface area (Å²) in [5.74, 6) is 0.346. The maximum atomic E-state index is 9.98. The molecule has 1 unspecified atom stereocenters. The fourth-order valence-corrected chi connectivity index (χ4v) is 0.861. The first-order valence-electron chi connectivity index (χ1n) is 2.66. The standard InChI is InChI=1S/C6H5O3P.Na/c7-10(8)9-6-4-2-1-3-5-6;/h1-5H;. The van der Waals surface area contributed by atoms with Crippen molar-refractivity contribution in [3.8, 4) is 5.75 Å². The van der Waals surface area contributed by atoms with Gasteiger partial charge < -0.3 is 4.89 Å². The van der Waals surface area contributed by atoms with Gasteiger partial charge in [0.15, 0.2) is 5.75 Å². The van der Waals surface area contributed by atoms with Crippen LogP contribution >= 0.6 is 8.25 Å². The van der Waals surface area contributed by atoms with Crippen molar-refractivity contribution in [2.75, 3.05) is 0 Å². The van der Waals surface area contributed by atoms with Gasteiger partial charge in [0.1, 0.15) is 0 Å². The Morgan fingerprint density at radius 3 is 2.27 bits per heavy atom. The predicted octanol–water partition coefficient (Wildman–Crippen LogP) is 0.702. The van der Waals surface area contributed by atoms with Crippen LogP contribution in [0.1, 0.15) is 0 Å². The van der Waals surface area contributed by atoms with E-state index in [2.05, 4.69) is 4.52 Å². The van der Waals surface area contributed by atoms with Crippen molar-refractivity contribution >= 4 is 37.8 Å². The molecule has 0 aliphatic carbocycles. The van der Waals surface area contributed by atoms with Crippen LogP contribution in [0.25, 0.3) is 0 Å². The van der Waals surface area contributed by atoms with E-state index in [9.17, 15) is 9.46 Å². The average molecular weight is 179 g/mol. The van der Waals surface area contributed by atoms with Crippen molar-refractivity contribution in [1.29, 1.82) is 0 Å². The molecule has 11 heavy (non-hydrogen) atoms. The predicted molar refractivity (Wildman–Crippen MR) is 40.4 cm³/mol. The topological polar surface area (TPSA) is 49.4 Å². The summed E-state index contributed by atoms with van der Waals surface area (Å²) in [7, 11) is -2.78. The summed E-state index contributed by atoms with van der Waals surface area (Å²) in [5.41, 5.74) is 0. The molecule has 0 bridgehead atoms. The molecule has 1 radical (unpaired) electrons. The summed E-state index contributed by atoms with van der Waals surface area (Å²) >= 11 is 0. The molecule has 0 heterocycles. The molecule has 0 aliphatic rings. The minimum atomic E-state index is -2.78. The Morgan fingerprint density at radius 1 is 1.27 bits per heavy atom. The van der Waals surface area contributed by atoms with Gasteiger partial charge in [-0.05, 0) is 16.7 Å². The molecular weight excluding hydrogens is 174 g/mol. The van der Waals surface area contributed by atoms with Gasteiger partial charge >= 0.3 is 8.25 Å². The Balaban J connectivity index is 0.000001000. The van der Waals surface area contributed by atoms with Gasteiger partial charge in [0.05, 0.1) is 0 Å². The normalized spacial score (nSPS) is 9.73. The van der Waals surface area contributed by atoms with Gasteiger partial charge in [-0.2, -0.15) is 0 Å². The van der Waals surface area contributed by atoms with E-state index in [0.29, 0.717) is 5.75 Å². The fraction of sp³-hybridized carbons (Fsp3) is 0. The van der Waals surface area contributed by atoms with E-state index in [1.165, 1.54) is 0 Å². The second-order valence-corrected chi connectivity index (χ2v) is 2.26. The minimum absolute atomic E-state index is 0. The third-order valence-corrected chi connectivity index (χ3v) is 1.28. The van der Waals surface area contributed by atoms with E-state index < -0.39 is 8.25 Å². The summed E-state index contributed by atoms with van der Waals surface area (Å²) in [6.45, 7) is 0. The Hall–Kier alpha value is 0.0800. The van der Waals surface area contributed by atoms with E-state index >= 15 is 0 Å². The minimum Gasteiger partial charge on any atom is -0.558 e. The van der Waals surface area contributed by atoms with E-state index in [0.717, 1.165) is 0 Å². The largest absolute Gasteiger partial charge is 0.558 e. The molecule has 1 aromatic rings. The monoisotopic (exact) mass is 179 g/mol. The van der Waals surface area contributed by atoms with Gasteiger partial charge in [0.2, 0.25) is 0 Å². The molecule has 0 saturated heterocycles. The van der Waals surface area contributed by atoms with E-state index in [1.54, 1.807) is 30.3 Å². The Labute approximate surface area is 87.6 Å². The average Bonchev–Trinajstić information content (AvgIpc) is 1.88. The number of para-hydroxylation sites is 1. The number of hydrogen-bond donors (Lipinski definition) is 0. The quantitative estimate of drug-likeness (QED) is 0.496. The number of benzene rings is 1. The summed E-state index contributed by atoms with van der Waals surface area (Å²) in [5, 5.41) is 0. The molecule has 3 nitrogen and oxygen atoms in total. The SMILES string of the molecule is O=[P+]([O-])Oc1ccccc1.[Na]. The summed E-state index contributed by atoms with van der Waals surface area (Å²) in [6, 6.07) is 8.34. The van der Waals surface area contributed by atoms with Gasteiger partial charge in [-0.3, -0.25) is 4.52 Å². The van der Waals surface area contributed by atoms with E-state index in [4.69, 9.17) is 0 Å². The maximum Gasteiger partial charge on any atom is 0.539 e. The molecule has 1 atom stereocenters. The van der Waals surface area contributed by atoms with Gasteiger partial charge in [0.25, 0.3) is 0 Å². The van der Waals surface area contributed by atoms with Crippen LogP contribution in [-0.4, -0.2) is 29.6 Å². The van der Waals surface area contributed by atoms with Crippen LogP contribution in [0.15, 0.2) is 30.3 Å². The summed E-state index contributed by atoms with van der Waals surface area (Å²) in [6.07, 6.45) is 0. The Kier molecular flexibility index (Phi) is 5.74. The second-order valence-electron chi connectivity index (χ2n) is 1.63. The fourth-order valence-electron chi connectivity index (χ4n) is 0.567. The summed E-state index contributed by atoms with van der Waals surface area (Å²) in [4.78, 5) is 9.98. The van der Waals surface area contributed by atoms with Gasteiger partial charge in [0, 0.05) is 29.6 Å². The van der Waals surface area contributed by atoms with Crippen LogP contribution in [0.3, 0.4) is 0 Å². The van der Waals surface area contributed by atoms with Gasteiger partial charge in [-0.1, -0.05) is 18.2 Å². The first-order chi connectivity index (χ1) is 4.79. The van der Waals surface area contributed by atoms with Crippen molar-refractivity contribution in [1.82, 2.24) is 0 Å². The molecule has 1 aromatic carbocycles. The maximum absolute atomic E-state index is 9.98. The zero-order valence-corrected chi connectivity index (χ0v) is 8.95. The van der Waals surface area contributed by atoms with E-state index in [-0.39, 0.29) is 29.6 Å². The van der Waals surface area contributed by atoms with Crippen molar-refractivity contribution < 1.29 is 14.0 Å². The molecule has 53 valence electrons. The van der Waals surface area contributed by atoms with Crippen LogP contribution in [0.5, 0.6) is 5.75 Å². The smallest absolute Gasteiger partial charge is 0.539 e. The van der Waals surface area contributed by atoms with Crippen molar-refractivity contribution in [3.05, 3.63) is 30.3 Å². The third-order valence-electron chi connectivity index (χ3n) is 0.923. The zero-order chi connectivity index (χ0) is 7.40. The first-order valence-corrected chi connectivity index (χ1v) is 3.76. The Morgan fingerprint density at radius 2 is 1.82 bits per heavy atom. The van der Waals surface area contributed by atoms with Crippen LogP contribution in [0.2, 0.25) is 0 Å². The molecule has 0 aromatic heterocycles. The molecule has 0 spiro atoms. The molecule has 0 saturated carbocycles. The van der Waals surface area contributed by atoms with Crippen LogP contribution in [-0.2, 0) is 4.57 Å². The van der Waals surface area contributed by atoms with E-state index in [1.807, 2.05) is 0 Å². The van der Waals surface area contributed by atoms with Gasteiger partial charge in [-0.25, -0.2) is 0 Å². The van der Waals surface area contributed by atoms with Crippen molar-refractivity contribution in [2.24, 2.45) is 0 Å².